The minimum Gasteiger partial charge on any atom is -0.347 e. The number of benzene rings is 1. The van der Waals surface area contributed by atoms with Crippen molar-refractivity contribution in [1.29, 1.82) is 0 Å². The molecule has 0 saturated heterocycles. The highest BCUT2D eigenvalue weighted by molar-refractivity contribution is 5.94. The van der Waals surface area contributed by atoms with Crippen LogP contribution in [0.15, 0.2) is 47.4 Å². The molecule has 0 saturated carbocycles. The molecule has 0 aliphatic heterocycles. The van der Waals surface area contributed by atoms with Crippen molar-refractivity contribution >= 4 is 11.8 Å². The van der Waals surface area contributed by atoms with Gasteiger partial charge in [-0.05, 0) is 30.0 Å². The second-order valence-electron chi connectivity index (χ2n) is 7.19. The fourth-order valence-electron chi connectivity index (χ4n) is 2.61. The predicted molar refractivity (Wildman–Crippen MR) is 106 cm³/mol. The Morgan fingerprint density at radius 2 is 1.59 bits per heavy atom. The van der Waals surface area contributed by atoms with Crippen molar-refractivity contribution in [2.24, 2.45) is 0 Å². The first-order valence-corrected chi connectivity index (χ1v) is 9.00. The number of amides is 2. The van der Waals surface area contributed by atoms with E-state index in [2.05, 4.69) is 31.3 Å². The Balaban J connectivity index is 2.13. The molecule has 1 heterocycles. The van der Waals surface area contributed by atoms with Gasteiger partial charge in [0.1, 0.15) is 6.54 Å². The summed E-state index contributed by atoms with van der Waals surface area (Å²) in [4.78, 5) is 37.8. The Morgan fingerprint density at radius 1 is 1.00 bits per heavy atom. The maximum Gasteiger partial charge on any atom is 0.253 e. The van der Waals surface area contributed by atoms with Crippen molar-refractivity contribution in [1.82, 2.24) is 14.8 Å². The second kappa shape index (κ2) is 8.66. The summed E-state index contributed by atoms with van der Waals surface area (Å²) >= 11 is 0. The van der Waals surface area contributed by atoms with Crippen LogP contribution < -0.4 is 10.9 Å². The molecule has 144 valence electrons. The number of nitrogens with one attached hydrogen (secondary N) is 1. The molecular formula is C21H27N3O3. The number of aromatic nitrogens is 1. The lowest BCUT2D eigenvalue weighted by molar-refractivity contribution is -0.129. The van der Waals surface area contributed by atoms with E-state index >= 15 is 0 Å². The lowest BCUT2D eigenvalue weighted by atomic mass is 9.99. The molecule has 1 aromatic heterocycles. The third-order valence-electron chi connectivity index (χ3n) is 4.50. The maximum absolute atomic E-state index is 12.6. The molecule has 6 nitrogen and oxygen atoms in total. The van der Waals surface area contributed by atoms with E-state index in [1.54, 1.807) is 14.1 Å². The number of carbonyl (C=O) groups excluding carboxylic acids is 2. The summed E-state index contributed by atoms with van der Waals surface area (Å²) in [6.07, 6.45) is 1.42. The van der Waals surface area contributed by atoms with Crippen molar-refractivity contribution in [3.8, 4) is 0 Å². The summed E-state index contributed by atoms with van der Waals surface area (Å²) in [6, 6.07) is 10.8. The quantitative estimate of drug-likeness (QED) is 0.851. The zero-order valence-electron chi connectivity index (χ0n) is 16.5. The molecule has 0 aliphatic carbocycles. The first kappa shape index (κ1) is 20.4. The lowest BCUT2D eigenvalue weighted by Crippen LogP contribution is -2.33. The first-order chi connectivity index (χ1) is 12.7. The van der Waals surface area contributed by atoms with Crippen LogP contribution in [0.25, 0.3) is 0 Å². The van der Waals surface area contributed by atoms with E-state index in [0.717, 1.165) is 5.56 Å². The molecule has 27 heavy (non-hydrogen) atoms. The topological polar surface area (TPSA) is 71.4 Å². The van der Waals surface area contributed by atoms with Crippen molar-refractivity contribution in [2.75, 3.05) is 14.1 Å². The first-order valence-electron chi connectivity index (χ1n) is 9.00. The van der Waals surface area contributed by atoms with E-state index < -0.39 is 0 Å². The SMILES string of the molecule is CC(C)c1ccc(C(C)NC(=O)c2ccc(=O)n(CC(=O)N(C)C)c2)cc1. The zero-order valence-corrected chi connectivity index (χ0v) is 16.5. The van der Waals surface area contributed by atoms with Gasteiger partial charge in [-0.15, -0.1) is 0 Å². The Kier molecular flexibility index (Phi) is 6.55. The normalized spacial score (nSPS) is 11.9. The van der Waals surface area contributed by atoms with E-state index in [0.29, 0.717) is 11.5 Å². The molecular weight excluding hydrogens is 342 g/mol. The van der Waals surface area contributed by atoms with E-state index in [1.807, 2.05) is 19.1 Å². The Morgan fingerprint density at radius 3 is 2.15 bits per heavy atom. The summed E-state index contributed by atoms with van der Waals surface area (Å²) < 4.78 is 1.25. The highest BCUT2D eigenvalue weighted by atomic mass is 16.2. The van der Waals surface area contributed by atoms with Crippen LogP contribution in [0.1, 0.15) is 54.2 Å². The molecule has 1 atom stereocenters. The summed E-state index contributed by atoms with van der Waals surface area (Å²) in [6.45, 7) is 6.08. The van der Waals surface area contributed by atoms with Crippen LogP contribution >= 0.6 is 0 Å². The number of pyridine rings is 1. The van der Waals surface area contributed by atoms with Gasteiger partial charge in [-0.1, -0.05) is 38.1 Å². The standard InChI is InChI=1S/C21H27N3O3/c1-14(2)16-6-8-17(9-7-16)15(3)22-21(27)18-10-11-19(25)24(12-18)13-20(26)23(4)5/h6-12,14-15H,13H2,1-5H3,(H,22,27). The van der Waals surface area contributed by atoms with Gasteiger partial charge >= 0.3 is 0 Å². The molecule has 2 amide bonds. The van der Waals surface area contributed by atoms with Crippen LogP contribution in [-0.4, -0.2) is 35.4 Å². The molecule has 1 aromatic carbocycles. The van der Waals surface area contributed by atoms with Gasteiger partial charge in [0.25, 0.3) is 11.5 Å². The summed E-state index contributed by atoms with van der Waals surface area (Å²) in [5.41, 5.74) is 2.27. The van der Waals surface area contributed by atoms with E-state index in [-0.39, 0.29) is 30.0 Å². The van der Waals surface area contributed by atoms with E-state index in [9.17, 15) is 14.4 Å². The number of likely N-dealkylation sites (N-methyl/N-ethyl adjacent to an activating group) is 1. The molecule has 1 N–H and O–H groups in total. The lowest BCUT2D eigenvalue weighted by Gasteiger charge is -2.16. The molecule has 0 aliphatic rings. The van der Waals surface area contributed by atoms with Crippen LogP contribution in [0, 0.1) is 0 Å². The highest BCUT2D eigenvalue weighted by Gasteiger charge is 2.14. The van der Waals surface area contributed by atoms with Gasteiger partial charge < -0.3 is 14.8 Å². The number of rotatable bonds is 6. The average molecular weight is 369 g/mol. The van der Waals surface area contributed by atoms with Gasteiger partial charge in [-0.2, -0.15) is 0 Å². The van der Waals surface area contributed by atoms with Crippen molar-refractivity contribution in [3.05, 3.63) is 69.6 Å². The van der Waals surface area contributed by atoms with Gasteiger partial charge in [0.05, 0.1) is 11.6 Å². The van der Waals surface area contributed by atoms with Gasteiger partial charge in [-0.3, -0.25) is 14.4 Å². The van der Waals surface area contributed by atoms with Gasteiger partial charge in [0, 0.05) is 26.4 Å². The fourth-order valence-corrected chi connectivity index (χ4v) is 2.61. The monoisotopic (exact) mass is 369 g/mol. The van der Waals surface area contributed by atoms with Gasteiger partial charge in [0.15, 0.2) is 0 Å². The maximum atomic E-state index is 12.6. The van der Waals surface area contributed by atoms with Crippen LogP contribution in [0.3, 0.4) is 0 Å². The Bertz CT molecular complexity index is 867. The molecule has 0 radical (unpaired) electrons. The van der Waals surface area contributed by atoms with Crippen LogP contribution in [0.4, 0.5) is 0 Å². The van der Waals surface area contributed by atoms with Crippen molar-refractivity contribution < 1.29 is 9.59 Å². The van der Waals surface area contributed by atoms with Crippen LogP contribution in [0.5, 0.6) is 0 Å². The molecule has 2 rings (SSSR count). The number of carbonyl (C=O) groups is 2. The molecule has 6 heteroatoms. The third kappa shape index (κ3) is 5.29. The summed E-state index contributed by atoms with van der Waals surface area (Å²) in [5, 5.41) is 2.93. The number of hydrogen-bond acceptors (Lipinski definition) is 3. The van der Waals surface area contributed by atoms with E-state index in [4.69, 9.17) is 0 Å². The molecule has 0 bridgehead atoms. The van der Waals surface area contributed by atoms with E-state index in [1.165, 1.54) is 33.4 Å². The van der Waals surface area contributed by atoms with Gasteiger partial charge in [-0.25, -0.2) is 0 Å². The highest BCUT2D eigenvalue weighted by Crippen LogP contribution is 2.18. The summed E-state index contributed by atoms with van der Waals surface area (Å²) in [7, 11) is 3.24. The molecule has 2 aromatic rings. The zero-order chi connectivity index (χ0) is 20.1. The largest absolute Gasteiger partial charge is 0.347 e. The minimum absolute atomic E-state index is 0.0980. The molecule has 0 spiro atoms. The Labute approximate surface area is 159 Å². The number of nitrogens with zero attached hydrogens (tertiary/aromatic N) is 2. The average Bonchev–Trinajstić information content (AvgIpc) is 2.63. The minimum atomic E-state index is -0.320. The fraction of sp³-hybridized carbons (Fsp3) is 0.381. The molecule has 0 fully saturated rings. The third-order valence-corrected chi connectivity index (χ3v) is 4.50. The van der Waals surface area contributed by atoms with Gasteiger partial charge in [0.2, 0.25) is 5.91 Å². The smallest absolute Gasteiger partial charge is 0.253 e. The predicted octanol–water partition coefficient (Wildman–Crippen LogP) is 2.55. The van der Waals surface area contributed by atoms with Crippen LogP contribution in [0.2, 0.25) is 0 Å². The Hall–Kier alpha value is -2.89. The van der Waals surface area contributed by atoms with Crippen molar-refractivity contribution in [3.63, 3.8) is 0 Å². The second-order valence-corrected chi connectivity index (χ2v) is 7.19. The van der Waals surface area contributed by atoms with Crippen molar-refractivity contribution in [2.45, 2.75) is 39.3 Å². The molecule has 1 unspecified atom stereocenters. The number of hydrogen-bond donors (Lipinski definition) is 1. The van der Waals surface area contributed by atoms with Crippen LogP contribution in [-0.2, 0) is 11.3 Å². The summed E-state index contributed by atoms with van der Waals surface area (Å²) in [5.74, 6) is -0.0513.